The van der Waals surface area contributed by atoms with Gasteiger partial charge in [0.2, 0.25) is 5.88 Å². The number of carbonyl (C=O) groups is 1. The van der Waals surface area contributed by atoms with E-state index in [2.05, 4.69) is 41.5 Å². The van der Waals surface area contributed by atoms with E-state index in [-0.39, 0.29) is 13.2 Å². The van der Waals surface area contributed by atoms with Gasteiger partial charge in [-0.2, -0.15) is 5.10 Å². The summed E-state index contributed by atoms with van der Waals surface area (Å²) in [6.07, 6.45) is 2.03. The van der Waals surface area contributed by atoms with Crippen LogP contribution in [0.1, 0.15) is 47.1 Å². The van der Waals surface area contributed by atoms with E-state index in [4.69, 9.17) is 30.5 Å². The minimum absolute atomic E-state index is 0.246. The molecule has 0 bridgehead atoms. The molecule has 0 aliphatic carbocycles. The van der Waals surface area contributed by atoms with Crippen molar-refractivity contribution in [2.24, 2.45) is 7.05 Å². The second-order valence-electron chi connectivity index (χ2n) is 12.4. The van der Waals surface area contributed by atoms with Gasteiger partial charge in [0.1, 0.15) is 17.2 Å². The van der Waals surface area contributed by atoms with Crippen molar-refractivity contribution in [1.29, 1.82) is 0 Å². The molecular weight excluding hydrogens is 686 g/mol. The van der Waals surface area contributed by atoms with Crippen molar-refractivity contribution < 1.29 is 28.8 Å². The zero-order chi connectivity index (χ0) is 35.5. The van der Waals surface area contributed by atoms with Crippen molar-refractivity contribution >= 4 is 51.0 Å². The fourth-order valence-corrected chi connectivity index (χ4v) is 8.03. The number of hydrogen-bond acceptors (Lipinski definition) is 8. The maximum atomic E-state index is 13.5. The molecule has 6 aromatic rings. The molecule has 0 atom stereocenters. The molecule has 0 saturated heterocycles. The average molecular weight is 726 g/mol. The Kier molecular flexibility index (Phi) is 10.4. The molecule has 0 fully saturated rings. The molecule has 51 heavy (non-hydrogen) atoms. The van der Waals surface area contributed by atoms with Gasteiger partial charge in [0.05, 0.1) is 55.3 Å². The van der Waals surface area contributed by atoms with E-state index in [9.17, 15) is 9.90 Å². The van der Waals surface area contributed by atoms with Gasteiger partial charge in [-0.15, -0.1) is 11.8 Å². The highest BCUT2D eigenvalue weighted by Gasteiger charge is 2.30. The number of aliphatic hydroxyl groups excluding tert-OH is 1. The first kappa shape index (κ1) is 34.8. The molecule has 264 valence electrons. The summed E-state index contributed by atoms with van der Waals surface area (Å²) < 4.78 is 27.1. The molecule has 3 heterocycles. The van der Waals surface area contributed by atoms with Gasteiger partial charge in [-0.25, -0.2) is 9.48 Å². The zero-order valence-electron chi connectivity index (χ0n) is 28.9. The molecule has 0 spiro atoms. The summed E-state index contributed by atoms with van der Waals surface area (Å²) in [6, 6.07) is 24.5. The summed E-state index contributed by atoms with van der Waals surface area (Å²) in [6.45, 7) is 3.44. The molecule has 0 amide bonds. The highest BCUT2D eigenvalue weighted by molar-refractivity contribution is 7.98. The number of aliphatic hydroxyl groups is 1. The van der Waals surface area contributed by atoms with Gasteiger partial charge < -0.3 is 28.6 Å². The van der Waals surface area contributed by atoms with Crippen LogP contribution < -0.4 is 14.2 Å². The number of thioether (sulfide) groups is 1. The molecule has 0 saturated carbocycles. The fourth-order valence-electron chi connectivity index (χ4n) is 6.86. The Bertz CT molecular complexity index is 2210. The number of hydrogen-bond donors (Lipinski definition) is 1. The molecule has 2 aromatic heterocycles. The number of nitrogens with zero attached hydrogens (tertiary/aromatic N) is 3. The van der Waals surface area contributed by atoms with Crippen LogP contribution in [0.25, 0.3) is 32.8 Å². The maximum Gasteiger partial charge on any atom is 0.355 e. The molecule has 4 aromatic carbocycles. The standard InChI is InChI=1S/C40H40ClN3O6S/c1-4-48-40(46)38-30(31-16-17-32(41)35(37(31)43(38)2)36-33(23-45)42-44-18-8-20-50-39(36)44)11-7-19-49-34-22-28(21-26-9-5-6-10-29(26)34)51-24-25-12-14-27(47-3)15-13-25/h5-6,9-10,12-17,21-22,45H,4,7-8,11,18-20,23-24H2,1-3H3. The van der Waals surface area contributed by atoms with Gasteiger partial charge in [0.15, 0.2) is 0 Å². The van der Waals surface area contributed by atoms with Crippen LogP contribution in [-0.2, 0) is 37.1 Å². The van der Waals surface area contributed by atoms with E-state index in [0.29, 0.717) is 66.0 Å². The Balaban J connectivity index is 1.18. The highest BCUT2D eigenvalue weighted by Crippen LogP contribution is 2.45. The van der Waals surface area contributed by atoms with Crippen LogP contribution in [0, 0.1) is 0 Å². The molecule has 0 unspecified atom stereocenters. The fraction of sp³-hybridized carbons (Fsp3) is 0.300. The van der Waals surface area contributed by atoms with Crippen LogP contribution >= 0.6 is 23.4 Å². The monoisotopic (exact) mass is 725 g/mol. The van der Waals surface area contributed by atoms with E-state index < -0.39 is 5.97 Å². The number of halogens is 1. The topological polar surface area (TPSA) is 97.0 Å². The highest BCUT2D eigenvalue weighted by atomic mass is 35.5. The van der Waals surface area contributed by atoms with Gasteiger partial charge in [0.25, 0.3) is 0 Å². The van der Waals surface area contributed by atoms with Crippen molar-refractivity contribution in [3.63, 3.8) is 0 Å². The molecule has 7 rings (SSSR count). The predicted octanol–water partition coefficient (Wildman–Crippen LogP) is 8.61. The van der Waals surface area contributed by atoms with E-state index in [1.54, 1.807) is 30.5 Å². The Morgan fingerprint density at radius 3 is 2.67 bits per heavy atom. The number of aryl methyl sites for hydroxylation is 3. The lowest BCUT2D eigenvalue weighted by atomic mass is 9.99. The van der Waals surface area contributed by atoms with E-state index >= 15 is 0 Å². The SMILES string of the molecule is CCOC(=O)c1c(CCCOc2cc(SCc3ccc(OC)cc3)cc3ccccc23)c2ccc(Cl)c(-c3c(CO)nn4c3OCCC4)c2n1C. The normalized spacial score (nSPS) is 12.6. The third-order valence-corrected chi connectivity index (χ3v) is 10.6. The largest absolute Gasteiger partial charge is 0.497 e. The van der Waals surface area contributed by atoms with Gasteiger partial charge in [-0.1, -0.05) is 54.1 Å². The quantitative estimate of drug-likeness (QED) is 0.0719. The zero-order valence-corrected chi connectivity index (χ0v) is 30.5. The Morgan fingerprint density at radius 2 is 1.88 bits per heavy atom. The average Bonchev–Trinajstić information content (AvgIpc) is 3.67. The second kappa shape index (κ2) is 15.3. The van der Waals surface area contributed by atoms with E-state index in [1.807, 2.05) is 48.0 Å². The third-order valence-electron chi connectivity index (χ3n) is 9.20. The van der Waals surface area contributed by atoms with Gasteiger partial charge in [-0.3, -0.25) is 0 Å². The Morgan fingerprint density at radius 1 is 1.06 bits per heavy atom. The smallest absolute Gasteiger partial charge is 0.355 e. The number of aromatic nitrogens is 3. The Labute approximate surface area is 306 Å². The number of fused-ring (bicyclic) bond motifs is 3. The third kappa shape index (κ3) is 6.88. The van der Waals surface area contributed by atoms with Crippen LogP contribution in [0.5, 0.6) is 17.4 Å². The van der Waals surface area contributed by atoms with Crippen LogP contribution in [0.4, 0.5) is 0 Å². The number of ether oxygens (including phenoxy) is 4. The summed E-state index contributed by atoms with van der Waals surface area (Å²) in [5.74, 6) is 2.65. The van der Waals surface area contributed by atoms with E-state index in [0.717, 1.165) is 55.8 Å². The molecule has 9 nitrogen and oxygen atoms in total. The second-order valence-corrected chi connectivity index (χ2v) is 13.8. The number of benzene rings is 4. The first-order chi connectivity index (χ1) is 24.9. The van der Waals surface area contributed by atoms with Crippen LogP contribution in [0.15, 0.2) is 77.7 Å². The molecule has 0 radical (unpaired) electrons. The molecular formula is C40H40ClN3O6S. The van der Waals surface area contributed by atoms with E-state index in [1.165, 1.54) is 5.56 Å². The van der Waals surface area contributed by atoms with Gasteiger partial charge >= 0.3 is 5.97 Å². The summed E-state index contributed by atoms with van der Waals surface area (Å²) in [5, 5.41) is 18.5. The summed E-state index contributed by atoms with van der Waals surface area (Å²) in [7, 11) is 3.52. The van der Waals surface area contributed by atoms with Crippen molar-refractivity contribution in [2.45, 2.75) is 50.0 Å². The summed E-state index contributed by atoms with van der Waals surface area (Å²) >= 11 is 8.70. The van der Waals surface area contributed by atoms with Gasteiger partial charge in [0, 0.05) is 47.0 Å². The molecule has 1 N–H and O–H groups in total. The molecule has 11 heteroatoms. The minimum atomic E-state index is -0.405. The van der Waals surface area contributed by atoms with Crippen molar-refractivity contribution in [1.82, 2.24) is 14.3 Å². The molecule has 1 aliphatic rings. The number of carbonyl (C=O) groups excluding carboxylic acids is 1. The number of rotatable bonds is 13. The maximum absolute atomic E-state index is 13.5. The lowest BCUT2D eigenvalue weighted by Gasteiger charge is -2.17. The van der Waals surface area contributed by atoms with Crippen molar-refractivity contribution in [2.75, 3.05) is 26.9 Å². The summed E-state index contributed by atoms with van der Waals surface area (Å²) in [4.78, 5) is 14.7. The number of methoxy groups -OCH3 is 1. The lowest BCUT2D eigenvalue weighted by Crippen LogP contribution is -2.15. The van der Waals surface area contributed by atoms with Crippen molar-refractivity contribution in [3.05, 3.63) is 100 Å². The Hall–Kier alpha value is -4.64. The van der Waals surface area contributed by atoms with Crippen LogP contribution in [0.2, 0.25) is 5.02 Å². The van der Waals surface area contributed by atoms with Crippen LogP contribution in [0.3, 0.4) is 0 Å². The predicted molar refractivity (Wildman–Crippen MR) is 201 cm³/mol. The summed E-state index contributed by atoms with van der Waals surface area (Å²) in [5.41, 5.74) is 5.09. The molecule has 1 aliphatic heterocycles. The van der Waals surface area contributed by atoms with Crippen LogP contribution in [-0.4, -0.2) is 52.4 Å². The first-order valence-corrected chi connectivity index (χ1v) is 18.5. The first-order valence-electron chi connectivity index (χ1n) is 17.1. The van der Waals surface area contributed by atoms with Crippen molar-refractivity contribution in [3.8, 4) is 28.5 Å². The number of esters is 1. The van der Waals surface area contributed by atoms with Gasteiger partial charge in [-0.05, 0) is 66.6 Å². The minimum Gasteiger partial charge on any atom is -0.497 e. The lowest BCUT2D eigenvalue weighted by molar-refractivity contribution is 0.0514.